The van der Waals surface area contributed by atoms with Crippen molar-refractivity contribution in [3.8, 4) is 0 Å². The number of hydrogen-bond acceptors (Lipinski definition) is 2. The predicted octanol–water partition coefficient (Wildman–Crippen LogP) is 6.29. The molecule has 0 saturated carbocycles. The molecule has 1 aromatic carbocycles. The van der Waals surface area contributed by atoms with Gasteiger partial charge in [-0.1, -0.05) is 75.4 Å². The van der Waals surface area contributed by atoms with E-state index < -0.39 is 0 Å². The highest BCUT2D eigenvalue weighted by Gasteiger charge is 2.23. The number of ketones is 1. The largest absolute Gasteiger partial charge is 0.321 e. The number of allylic oxidation sites excluding steroid dienone is 3. The lowest BCUT2D eigenvalue weighted by atomic mass is 9.85. The van der Waals surface area contributed by atoms with Crippen molar-refractivity contribution in [3.63, 3.8) is 0 Å². The van der Waals surface area contributed by atoms with Gasteiger partial charge < -0.3 is 5.73 Å². The number of carbonyl (C=O) groups is 1. The van der Waals surface area contributed by atoms with E-state index in [9.17, 15) is 4.79 Å². The van der Waals surface area contributed by atoms with Crippen LogP contribution in [0.5, 0.6) is 0 Å². The summed E-state index contributed by atoms with van der Waals surface area (Å²) in [5.74, 6) is 0.113. The summed E-state index contributed by atoms with van der Waals surface area (Å²) < 4.78 is 0. The second-order valence-electron chi connectivity index (χ2n) is 7.07. The first-order chi connectivity index (χ1) is 12.2. The molecule has 0 saturated heterocycles. The van der Waals surface area contributed by atoms with Crippen molar-refractivity contribution in [1.29, 1.82) is 0 Å². The number of nitrogens with two attached hydrogens (primary N) is 1. The van der Waals surface area contributed by atoms with Gasteiger partial charge in [-0.05, 0) is 49.3 Å². The normalized spacial score (nSPS) is 17.0. The third-order valence-corrected chi connectivity index (χ3v) is 5.00. The van der Waals surface area contributed by atoms with Crippen molar-refractivity contribution in [2.45, 2.75) is 77.2 Å². The second-order valence-corrected chi connectivity index (χ2v) is 7.07. The molecule has 1 unspecified atom stereocenters. The number of unbranched alkanes of at least 4 members (excludes halogenated alkanes) is 7. The van der Waals surface area contributed by atoms with Crippen LogP contribution in [0.25, 0.3) is 0 Å². The fourth-order valence-corrected chi connectivity index (χ4v) is 3.44. The zero-order valence-corrected chi connectivity index (χ0v) is 15.7. The summed E-state index contributed by atoms with van der Waals surface area (Å²) in [5, 5.41) is 0. The van der Waals surface area contributed by atoms with Gasteiger partial charge in [0.15, 0.2) is 5.78 Å². The topological polar surface area (TPSA) is 43.1 Å². The predicted molar refractivity (Wildman–Crippen MR) is 107 cm³/mol. The van der Waals surface area contributed by atoms with Crippen molar-refractivity contribution in [3.05, 3.63) is 59.2 Å². The first kappa shape index (κ1) is 19.7. The monoisotopic (exact) mass is 339 g/mol. The molecule has 0 aliphatic heterocycles. The van der Waals surface area contributed by atoms with Crippen LogP contribution in [0.1, 0.15) is 93.1 Å². The van der Waals surface area contributed by atoms with Crippen molar-refractivity contribution in [2.75, 3.05) is 0 Å². The Bertz CT molecular complexity index is 600. The molecule has 2 N–H and O–H groups in total. The van der Waals surface area contributed by atoms with Gasteiger partial charge in [-0.2, -0.15) is 0 Å². The zero-order valence-electron chi connectivity index (χ0n) is 15.7. The van der Waals surface area contributed by atoms with Crippen molar-refractivity contribution < 1.29 is 4.79 Å². The van der Waals surface area contributed by atoms with Crippen molar-refractivity contribution in [1.82, 2.24) is 0 Å². The molecule has 0 fully saturated rings. The molecule has 1 aromatic rings. The van der Waals surface area contributed by atoms with Gasteiger partial charge in [0.25, 0.3) is 0 Å². The maximum atomic E-state index is 12.2. The first-order valence-electron chi connectivity index (χ1n) is 9.98. The number of rotatable bonds is 11. The highest BCUT2D eigenvalue weighted by atomic mass is 16.1. The molecule has 1 aliphatic rings. The van der Waals surface area contributed by atoms with Crippen LogP contribution in [-0.4, -0.2) is 5.78 Å². The molecular weight excluding hydrogens is 306 g/mol. The molecule has 0 heterocycles. The van der Waals surface area contributed by atoms with E-state index in [-0.39, 0.29) is 11.8 Å². The van der Waals surface area contributed by atoms with E-state index in [4.69, 9.17) is 5.73 Å². The second kappa shape index (κ2) is 11.0. The summed E-state index contributed by atoms with van der Waals surface area (Å²) in [6.45, 7) is 2.23. The minimum Gasteiger partial charge on any atom is -0.321 e. The minimum absolute atomic E-state index is 0.109. The van der Waals surface area contributed by atoms with Crippen molar-refractivity contribution >= 4 is 5.78 Å². The molecule has 1 aliphatic carbocycles. The van der Waals surface area contributed by atoms with E-state index in [2.05, 4.69) is 19.1 Å². The maximum Gasteiger partial charge on any atom is 0.186 e. The molecule has 0 radical (unpaired) electrons. The van der Waals surface area contributed by atoms with Crippen LogP contribution >= 0.6 is 0 Å². The first-order valence-corrected chi connectivity index (χ1v) is 9.98. The highest BCUT2D eigenvalue weighted by molar-refractivity contribution is 6.07. The van der Waals surface area contributed by atoms with Crippen LogP contribution in [0.4, 0.5) is 0 Å². The van der Waals surface area contributed by atoms with Gasteiger partial charge in [0.1, 0.15) is 0 Å². The molecular formula is C23H33NO. The van der Waals surface area contributed by atoms with Gasteiger partial charge in [-0.25, -0.2) is 0 Å². The molecule has 2 heteroatoms. The third-order valence-electron chi connectivity index (χ3n) is 5.00. The fourth-order valence-electron chi connectivity index (χ4n) is 3.44. The molecule has 0 bridgehead atoms. The number of carbonyl (C=O) groups excluding carboxylic acids is 1. The average molecular weight is 340 g/mol. The van der Waals surface area contributed by atoms with Gasteiger partial charge in [0.05, 0.1) is 6.04 Å². The Hall–Kier alpha value is -1.67. The van der Waals surface area contributed by atoms with Crippen LogP contribution in [0.3, 0.4) is 0 Å². The SMILES string of the molecule is CCCC/C=C/CCCCCCCC1=CC(=O)c2ccccc2C1N. The third kappa shape index (κ3) is 6.28. The smallest absolute Gasteiger partial charge is 0.186 e. The standard InChI is InChI=1S/C23H33NO/c1-2-3-4-5-6-7-8-9-10-11-12-15-19-18-22(25)20-16-13-14-17-21(20)23(19)24/h5-6,13-14,16-18,23H,2-4,7-12,15,24H2,1H3/b6-5+. The molecule has 2 rings (SSSR count). The lowest BCUT2D eigenvalue weighted by Gasteiger charge is -2.23. The van der Waals surface area contributed by atoms with E-state index in [1.807, 2.05) is 24.3 Å². The molecule has 136 valence electrons. The van der Waals surface area contributed by atoms with Gasteiger partial charge in [0, 0.05) is 5.56 Å². The summed E-state index contributed by atoms with van der Waals surface area (Å²) in [6, 6.07) is 7.62. The molecule has 1 atom stereocenters. The summed E-state index contributed by atoms with van der Waals surface area (Å²) >= 11 is 0. The quantitative estimate of drug-likeness (QED) is 0.380. The Morgan fingerprint density at radius 2 is 1.64 bits per heavy atom. The summed E-state index contributed by atoms with van der Waals surface area (Å²) in [6.07, 6.45) is 18.6. The Morgan fingerprint density at radius 1 is 0.960 bits per heavy atom. The minimum atomic E-state index is -0.109. The van der Waals surface area contributed by atoms with E-state index in [0.29, 0.717) is 0 Å². The average Bonchev–Trinajstić information content (AvgIpc) is 2.63. The summed E-state index contributed by atoms with van der Waals surface area (Å²) in [4.78, 5) is 12.2. The lowest BCUT2D eigenvalue weighted by molar-refractivity contribution is 0.104. The van der Waals surface area contributed by atoms with Gasteiger partial charge in [-0.15, -0.1) is 0 Å². The lowest BCUT2D eigenvalue weighted by Crippen LogP contribution is -2.21. The van der Waals surface area contributed by atoms with E-state index in [0.717, 1.165) is 29.5 Å². The van der Waals surface area contributed by atoms with Crippen LogP contribution < -0.4 is 5.73 Å². The van der Waals surface area contributed by atoms with Gasteiger partial charge in [0.2, 0.25) is 0 Å². The Kier molecular flexibility index (Phi) is 8.68. The van der Waals surface area contributed by atoms with Gasteiger partial charge >= 0.3 is 0 Å². The summed E-state index contributed by atoms with van der Waals surface area (Å²) in [7, 11) is 0. The number of hydrogen-bond donors (Lipinski definition) is 1. The molecule has 0 aromatic heterocycles. The van der Waals surface area contributed by atoms with E-state index >= 15 is 0 Å². The summed E-state index contributed by atoms with van der Waals surface area (Å²) in [5.41, 5.74) is 9.21. The van der Waals surface area contributed by atoms with Crippen LogP contribution in [0.15, 0.2) is 48.1 Å². The van der Waals surface area contributed by atoms with E-state index in [1.165, 1.54) is 51.4 Å². The number of fused-ring (bicyclic) bond motifs is 1. The van der Waals surface area contributed by atoms with Crippen LogP contribution in [0.2, 0.25) is 0 Å². The molecule has 0 spiro atoms. The zero-order chi connectivity index (χ0) is 17.9. The number of benzene rings is 1. The molecule has 25 heavy (non-hydrogen) atoms. The van der Waals surface area contributed by atoms with Gasteiger partial charge in [-0.3, -0.25) is 4.79 Å². The molecule has 0 amide bonds. The maximum absolute atomic E-state index is 12.2. The Morgan fingerprint density at radius 3 is 2.44 bits per heavy atom. The highest BCUT2D eigenvalue weighted by Crippen LogP contribution is 2.31. The van der Waals surface area contributed by atoms with Crippen LogP contribution in [0, 0.1) is 0 Å². The Labute approximate surface area is 153 Å². The van der Waals surface area contributed by atoms with Crippen LogP contribution in [-0.2, 0) is 0 Å². The fraction of sp³-hybridized carbons (Fsp3) is 0.522. The molecule has 2 nitrogen and oxygen atoms in total. The Balaban J connectivity index is 1.61. The van der Waals surface area contributed by atoms with Crippen molar-refractivity contribution in [2.24, 2.45) is 5.73 Å². The van der Waals surface area contributed by atoms with E-state index in [1.54, 1.807) is 6.08 Å².